The van der Waals surface area contributed by atoms with Crippen LogP contribution in [0.4, 0.5) is 11.5 Å². The highest BCUT2D eigenvalue weighted by Crippen LogP contribution is 2.35. The second-order valence-corrected chi connectivity index (χ2v) is 10.8. The number of nitrogens with two attached hydrogens (primary N) is 1. The Hall–Kier alpha value is -2.98. The van der Waals surface area contributed by atoms with Gasteiger partial charge in [0.15, 0.2) is 0 Å². The van der Waals surface area contributed by atoms with E-state index in [0.717, 1.165) is 22.4 Å². The summed E-state index contributed by atoms with van der Waals surface area (Å²) in [4.78, 5) is 12.8. The lowest BCUT2D eigenvalue weighted by molar-refractivity contribution is -0.116. The van der Waals surface area contributed by atoms with E-state index in [-0.39, 0.29) is 33.1 Å². The molecule has 0 spiro atoms. The molecule has 2 aromatic carbocycles. The third-order valence-corrected chi connectivity index (χ3v) is 7.88. The fraction of sp³-hybridized carbons (Fsp3) is 0.304. The van der Waals surface area contributed by atoms with Crippen molar-refractivity contribution < 1.29 is 17.9 Å². The lowest BCUT2D eigenvalue weighted by atomic mass is 10.1. The molecule has 8 nitrogen and oxygen atoms in total. The third kappa shape index (κ3) is 5.17. The molecule has 1 amide bonds. The summed E-state index contributed by atoms with van der Waals surface area (Å²) in [5.41, 5.74) is 9.96. The topological polar surface area (TPSA) is 116 Å². The van der Waals surface area contributed by atoms with Gasteiger partial charge in [0.05, 0.1) is 12.0 Å². The first kappa shape index (κ1) is 24.7. The Balaban J connectivity index is 1.95. The molecule has 1 aromatic heterocycles. The minimum Gasteiger partial charge on any atom is -0.497 e. The number of methoxy groups -OCH3 is 1. The van der Waals surface area contributed by atoms with Gasteiger partial charge in [0.1, 0.15) is 28.0 Å². The lowest BCUT2D eigenvalue weighted by Gasteiger charge is -2.13. The number of thioether (sulfide) groups is 1. The summed E-state index contributed by atoms with van der Waals surface area (Å²) in [5.74, 6) is 0.712. The van der Waals surface area contributed by atoms with Crippen LogP contribution in [0.2, 0.25) is 0 Å². The van der Waals surface area contributed by atoms with Gasteiger partial charge < -0.3 is 15.8 Å². The van der Waals surface area contributed by atoms with Crippen LogP contribution in [0.25, 0.3) is 0 Å². The number of hydrogen-bond donors (Lipinski definition) is 2. The van der Waals surface area contributed by atoms with E-state index < -0.39 is 9.84 Å². The summed E-state index contributed by atoms with van der Waals surface area (Å²) >= 11 is 1.26. The van der Waals surface area contributed by atoms with E-state index in [1.807, 2.05) is 39.8 Å². The van der Waals surface area contributed by atoms with Crippen molar-refractivity contribution in [1.29, 1.82) is 0 Å². The minimum absolute atomic E-state index is 0.0721. The number of aromatic nitrogens is 2. The fourth-order valence-corrected chi connectivity index (χ4v) is 6.16. The van der Waals surface area contributed by atoms with Gasteiger partial charge in [0.25, 0.3) is 0 Å². The number of carbonyl (C=O) groups is 1. The molecule has 0 radical (unpaired) electrons. The van der Waals surface area contributed by atoms with E-state index >= 15 is 0 Å². The average Bonchev–Trinajstić information content (AvgIpc) is 3.06. The number of anilines is 2. The van der Waals surface area contributed by atoms with E-state index in [0.29, 0.717) is 11.5 Å². The molecule has 0 saturated carbocycles. The molecule has 3 aromatic rings. The normalized spacial score (nSPS) is 11.4. The van der Waals surface area contributed by atoms with Crippen LogP contribution in [-0.4, -0.2) is 37.0 Å². The van der Waals surface area contributed by atoms with E-state index in [1.165, 1.54) is 35.7 Å². The van der Waals surface area contributed by atoms with Gasteiger partial charge in [-0.15, -0.1) is 11.8 Å². The Morgan fingerprint density at radius 3 is 2.30 bits per heavy atom. The number of carbonyl (C=O) groups excluding carboxylic acids is 1. The molecular weight excluding hydrogens is 460 g/mol. The Morgan fingerprint density at radius 1 is 1.15 bits per heavy atom. The standard InChI is InChI=1S/C23H28N4O4S2/c1-6-32-23-21(33(29,30)18-9-7-17(31-5)8-10-18)22(24)27(26-23)13-19(28)25-20-15(3)11-14(2)12-16(20)4/h7-12H,6,13,24H2,1-5H3,(H,25,28). The molecule has 3 N–H and O–H groups in total. The predicted molar refractivity (Wildman–Crippen MR) is 131 cm³/mol. The van der Waals surface area contributed by atoms with E-state index in [9.17, 15) is 13.2 Å². The molecule has 33 heavy (non-hydrogen) atoms. The molecule has 1 heterocycles. The molecule has 176 valence electrons. The number of aryl methyl sites for hydroxylation is 3. The summed E-state index contributed by atoms with van der Waals surface area (Å²) in [6.45, 7) is 7.52. The fourth-order valence-electron chi connectivity index (χ4n) is 3.60. The van der Waals surface area contributed by atoms with Crippen molar-refractivity contribution in [2.45, 2.75) is 49.1 Å². The summed E-state index contributed by atoms with van der Waals surface area (Å²) < 4.78 is 33.1. The summed E-state index contributed by atoms with van der Waals surface area (Å²) in [6.07, 6.45) is 0. The molecule has 10 heteroatoms. The molecule has 0 unspecified atom stereocenters. The molecule has 0 aliphatic carbocycles. The SMILES string of the molecule is CCSc1nn(CC(=O)Nc2c(C)cc(C)cc2C)c(N)c1S(=O)(=O)c1ccc(OC)cc1. The van der Waals surface area contributed by atoms with Crippen LogP contribution >= 0.6 is 11.8 Å². The van der Waals surface area contributed by atoms with Gasteiger partial charge in [-0.05, 0) is 61.9 Å². The Bertz CT molecular complexity index is 1260. The van der Waals surface area contributed by atoms with Crippen molar-refractivity contribution in [2.75, 3.05) is 23.9 Å². The first-order chi connectivity index (χ1) is 15.6. The molecule has 3 rings (SSSR count). The minimum atomic E-state index is -3.96. The van der Waals surface area contributed by atoms with E-state index in [1.54, 1.807) is 12.1 Å². The smallest absolute Gasteiger partial charge is 0.246 e. The first-order valence-corrected chi connectivity index (χ1v) is 12.8. The summed E-state index contributed by atoms with van der Waals surface area (Å²) in [7, 11) is -2.45. The zero-order valence-corrected chi connectivity index (χ0v) is 20.9. The van der Waals surface area contributed by atoms with Gasteiger partial charge >= 0.3 is 0 Å². The largest absolute Gasteiger partial charge is 0.497 e. The van der Waals surface area contributed by atoms with Crippen molar-refractivity contribution in [2.24, 2.45) is 0 Å². The van der Waals surface area contributed by atoms with Crippen LogP contribution in [0, 0.1) is 20.8 Å². The molecule has 0 atom stereocenters. The number of nitrogen functional groups attached to an aromatic ring is 1. The van der Waals surface area contributed by atoms with Gasteiger partial charge in [-0.3, -0.25) is 4.79 Å². The Morgan fingerprint density at radius 2 is 1.76 bits per heavy atom. The third-order valence-electron chi connectivity index (χ3n) is 5.07. The Kier molecular flexibility index (Phi) is 7.38. The van der Waals surface area contributed by atoms with E-state index in [4.69, 9.17) is 10.5 Å². The number of nitrogens with one attached hydrogen (secondary N) is 1. The van der Waals surface area contributed by atoms with Gasteiger partial charge in [-0.25, -0.2) is 13.1 Å². The Labute approximate surface area is 198 Å². The van der Waals surface area contributed by atoms with Crippen molar-refractivity contribution in [3.63, 3.8) is 0 Å². The number of hydrogen-bond acceptors (Lipinski definition) is 7. The average molecular weight is 489 g/mol. The lowest BCUT2D eigenvalue weighted by Crippen LogP contribution is -2.22. The second kappa shape index (κ2) is 9.88. The highest BCUT2D eigenvalue weighted by atomic mass is 32.2. The number of amides is 1. The van der Waals surface area contributed by atoms with Crippen LogP contribution in [0.1, 0.15) is 23.6 Å². The molecule has 0 saturated heterocycles. The van der Waals surface area contributed by atoms with E-state index in [2.05, 4.69) is 10.4 Å². The highest BCUT2D eigenvalue weighted by molar-refractivity contribution is 8.00. The summed E-state index contributed by atoms with van der Waals surface area (Å²) in [6, 6.07) is 10.0. The van der Waals surface area contributed by atoms with Crippen LogP contribution in [0.5, 0.6) is 5.75 Å². The van der Waals surface area contributed by atoms with Crippen LogP contribution in [0.3, 0.4) is 0 Å². The van der Waals surface area contributed by atoms with Crippen molar-refractivity contribution in [3.8, 4) is 5.75 Å². The van der Waals surface area contributed by atoms with Crippen LogP contribution in [-0.2, 0) is 21.2 Å². The zero-order valence-electron chi connectivity index (χ0n) is 19.3. The summed E-state index contributed by atoms with van der Waals surface area (Å²) in [5, 5.41) is 7.52. The van der Waals surface area contributed by atoms with Gasteiger partial charge in [-0.2, -0.15) is 5.10 Å². The van der Waals surface area contributed by atoms with Crippen LogP contribution < -0.4 is 15.8 Å². The van der Waals surface area contributed by atoms with Crippen molar-refractivity contribution in [3.05, 3.63) is 53.1 Å². The van der Waals surface area contributed by atoms with Gasteiger partial charge in [0, 0.05) is 5.69 Å². The zero-order chi connectivity index (χ0) is 24.3. The van der Waals surface area contributed by atoms with Crippen LogP contribution in [0.15, 0.2) is 51.2 Å². The van der Waals surface area contributed by atoms with Crippen molar-refractivity contribution in [1.82, 2.24) is 9.78 Å². The van der Waals surface area contributed by atoms with Crippen molar-refractivity contribution >= 4 is 39.0 Å². The number of rotatable bonds is 8. The molecule has 0 aliphatic heterocycles. The van der Waals surface area contributed by atoms with Gasteiger partial charge in [-0.1, -0.05) is 24.6 Å². The number of nitrogens with zero attached hydrogens (tertiary/aromatic N) is 2. The number of benzene rings is 2. The maximum Gasteiger partial charge on any atom is 0.246 e. The second-order valence-electron chi connectivity index (χ2n) is 7.61. The number of ether oxygens (including phenoxy) is 1. The number of sulfone groups is 1. The maximum atomic E-state index is 13.4. The van der Waals surface area contributed by atoms with Gasteiger partial charge in [0.2, 0.25) is 15.7 Å². The highest BCUT2D eigenvalue weighted by Gasteiger charge is 2.30. The maximum absolute atomic E-state index is 13.4. The quantitative estimate of drug-likeness (QED) is 0.461. The first-order valence-electron chi connectivity index (χ1n) is 10.3. The molecule has 0 bridgehead atoms. The molecular formula is C23H28N4O4S2. The molecule has 0 aliphatic rings. The molecule has 0 fully saturated rings. The predicted octanol–water partition coefficient (Wildman–Crippen LogP) is 3.98. The monoisotopic (exact) mass is 488 g/mol.